The molecule has 0 saturated carbocycles. The van der Waals surface area contributed by atoms with Crippen LogP contribution in [-0.2, 0) is 23.1 Å². The van der Waals surface area contributed by atoms with Crippen molar-refractivity contribution in [3.05, 3.63) is 53.9 Å². The fraction of sp³-hybridized carbons (Fsp3) is 0.421. The van der Waals surface area contributed by atoms with Crippen LogP contribution in [-0.4, -0.2) is 51.0 Å². The van der Waals surface area contributed by atoms with Crippen molar-refractivity contribution >= 4 is 11.8 Å². The summed E-state index contributed by atoms with van der Waals surface area (Å²) in [4.78, 5) is 28.4. The van der Waals surface area contributed by atoms with Crippen LogP contribution in [0.4, 0.5) is 0 Å². The Balaban J connectivity index is 1.68. The Hall–Kier alpha value is -2.63. The highest BCUT2D eigenvalue weighted by atomic mass is 16.2. The van der Waals surface area contributed by atoms with Gasteiger partial charge in [-0.3, -0.25) is 14.3 Å². The highest BCUT2D eigenvalue weighted by molar-refractivity contribution is 5.78. The number of piperazine rings is 1. The summed E-state index contributed by atoms with van der Waals surface area (Å²) >= 11 is 0. The van der Waals surface area contributed by atoms with E-state index in [2.05, 4.69) is 5.10 Å². The van der Waals surface area contributed by atoms with Crippen molar-refractivity contribution in [3.8, 4) is 0 Å². The molecule has 2 heterocycles. The van der Waals surface area contributed by atoms with Gasteiger partial charge in [0, 0.05) is 51.9 Å². The predicted octanol–water partition coefficient (Wildman–Crippen LogP) is 1.78. The predicted molar refractivity (Wildman–Crippen MR) is 94.7 cm³/mol. The standard InChI is InChI=1S/C19H24N4O2/c1-15(24)23-13-12-22(14-18(23)16-6-4-3-5-7-16)19(25)9-8-17-10-11-20-21(17)2/h3-7,10-11,18H,8-9,12-14H2,1-2H3. The lowest BCUT2D eigenvalue weighted by molar-refractivity contribution is -0.141. The maximum Gasteiger partial charge on any atom is 0.223 e. The van der Waals surface area contributed by atoms with Crippen LogP contribution >= 0.6 is 0 Å². The largest absolute Gasteiger partial charge is 0.338 e. The van der Waals surface area contributed by atoms with E-state index in [0.717, 1.165) is 11.3 Å². The SMILES string of the molecule is CC(=O)N1CCN(C(=O)CCc2ccnn2C)CC1c1ccccc1. The van der Waals surface area contributed by atoms with Crippen molar-refractivity contribution in [2.75, 3.05) is 19.6 Å². The third kappa shape index (κ3) is 3.90. The molecule has 1 aliphatic heterocycles. The molecule has 0 spiro atoms. The van der Waals surface area contributed by atoms with Crippen molar-refractivity contribution in [2.45, 2.75) is 25.8 Å². The minimum atomic E-state index is -0.0758. The first-order valence-corrected chi connectivity index (χ1v) is 8.63. The Morgan fingerprint density at radius 2 is 1.92 bits per heavy atom. The molecule has 1 aromatic carbocycles. The molecule has 2 amide bonds. The molecule has 1 unspecified atom stereocenters. The molecule has 0 radical (unpaired) electrons. The van der Waals surface area contributed by atoms with Crippen LogP contribution in [0.15, 0.2) is 42.6 Å². The molecule has 6 nitrogen and oxygen atoms in total. The quantitative estimate of drug-likeness (QED) is 0.852. The molecule has 1 aromatic heterocycles. The van der Waals surface area contributed by atoms with E-state index in [1.807, 2.05) is 53.2 Å². The lowest BCUT2D eigenvalue weighted by atomic mass is 10.0. The number of benzene rings is 1. The van der Waals surface area contributed by atoms with Crippen molar-refractivity contribution < 1.29 is 9.59 Å². The molecular weight excluding hydrogens is 316 g/mol. The number of carbonyl (C=O) groups is 2. The molecule has 132 valence electrons. The second kappa shape index (κ2) is 7.51. The van der Waals surface area contributed by atoms with Crippen LogP contribution in [0.5, 0.6) is 0 Å². The number of aryl methyl sites for hydroxylation is 2. The number of rotatable bonds is 4. The monoisotopic (exact) mass is 340 g/mol. The number of hydrogen-bond acceptors (Lipinski definition) is 3. The number of amides is 2. The topological polar surface area (TPSA) is 58.4 Å². The van der Waals surface area contributed by atoms with Crippen LogP contribution in [0, 0.1) is 0 Å². The van der Waals surface area contributed by atoms with Crippen LogP contribution in [0.3, 0.4) is 0 Å². The van der Waals surface area contributed by atoms with E-state index < -0.39 is 0 Å². The Morgan fingerprint density at radius 3 is 2.56 bits per heavy atom. The first kappa shape index (κ1) is 17.2. The summed E-state index contributed by atoms with van der Waals surface area (Å²) in [7, 11) is 1.89. The molecule has 25 heavy (non-hydrogen) atoms. The van der Waals surface area contributed by atoms with Crippen molar-refractivity contribution in [3.63, 3.8) is 0 Å². The molecular formula is C19H24N4O2. The molecule has 2 aromatic rings. The van der Waals surface area contributed by atoms with Crippen LogP contribution < -0.4 is 0 Å². The third-order valence-electron chi connectivity index (χ3n) is 4.84. The van der Waals surface area contributed by atoms with E-state index in [9.17, 15) is 9.59 Å². The van der Waals surface area contributed by atoms with Gasteiger partial charge in [0.2, 0.25) is 11.8 Å². The van der Waals surface area contributed by atoms with Gasteiger partial charge < -0.3 is 9.80 Å². The van der Waals surface area contributed by atoms with Crippen LogP contribution in [0.25, 0.3) is 0 Å². The Labute approximate surface area is 148 Å². The summed E-state index contributed by atoms with van der Waals surface area (Å²) in [6.07, 6.45) is 2.89. The maximum atomic E-state index is 12.7. The second-order valence-corrected chi connectivity index (χ2v) is 6.42. The van der Waals surface area contributed by atoms with E-state index in [-0.39, 0.29) is 17.9 Å². The number of aromatic nitrogens is 2. The van der Waals surface area contributed by atoms with Gasteiger partial charge in [-0.25, -0.2) is 0 Å². The second-order valence-electron chi connectivity index (χ2n) is 6.42. The highest BCUT2D eigenvalue weighted by Crippen LogP contribution is 2.26. The Kier molecular flexibility index (Phi) is 5.16. The van der Waals surface area contributed by atoms with Gasteiger partial charge in [0.15, 0.2) is 0 Å². The van der Waals surface area contributed by atoms with Gasteiger partial charge in [0.1, 0.15) is 0 Å². The lowest BCUT2D eigenvalue weighted by Gasteiger charge is -2.41. The summed E-state index contributed by atoms with van der Waals surface area (Å²) in [5, 5.41) is 4.14. The molecule has 1 fully saturated rings. The zero-order valence-electron chi connectivity index (χ0n) is 14.8. The van der Waals surface area contributed by atoms with Gasteiger partial charge in [-0.2, -0.15) is 5.10 Å². The Bertz CT molecular complexity index is 741. The molecule has 3 rings (SSSR count). The van der Waals surface area contributed by atoms with Gasteiger partial charge in [0.05, 0.1) is 6.04 Å². The fourth-order valence-corrected chi connectivity index (χ4v) is 3.39. The highest BCUT2D eigenvalue weighted by Gasteiger charge is 2.31. The molecule has 0 bridgehead atoms. The molecule has 1 atom stereocenters. The van der Waals surface area contributed by atoms with E-state index in [4.69, 9.17) is 0 Å². The third-order valence-corrected chi connectivity index (χ3v) is 4.84. The van der Waals surface area contributed by atoms with Crippen molar-refractivity contribution in [2.24, 2.45) is 7.05 Å². The fourth-order valence-electron chi connectivity index (χ4n) is 3.39. The summed E-state index contributed by atoms with van der Waals surface area (Å²) in [5.41, 5.74) is 2.12. The summed E-state index contributed by atoms with van der Waals surface area (Å²) in [6.45, 7) is 3.31. The molecule has 0 aliphatic carbocycles. The smallest absolute Gasteiger partial charge is 0.223 e. The van der Waals surface area contributed by atoms with Gasteiger partial charge >= 0.3 is 0 Å². The number of nitrogens with zero attached hydrogens (tertiary/aromatic N) is 4. The molecule has 1 saturated heterocycles. The molecule has 6 heteroatoms. The summed E-state index contributed by atoms with van der Waals surface area (Å²) in [5.74, 6) is 0.182. The minimum Gasteiger partial charge on any atom is -0.338 e. The van der Waals surface area contributed by atoms with Gasteiger partial charge in [-0.05, 0) is 18.1 Å². The van der Waals surface area contributed by atoms with Crippen molar-refractivity contribution in [1.82, 2.24) is 19.6 Å². The summed E-state index contributed by atoms with van der Waals surface area (Å²) < 4.78 is 1.80. The normalized spacial score (nSPS) is 17.6. The van der Waals surface area contributed by atoms with Crippen LogP contribution in [0.1, 0.15) is 30.6 Å². The van der Waals surface area contributed by atoms with E-state index in [0.29, 0.717) is 32.5 Å². The van der Waals surface area contributed by atoms with E-state index in [1.54, 1.807) is 17.8 Å². The zero-order valence-corrected chi connectivity index (χ0v) is 14.8. The van der Waals surface area contributed by atoms with E-state index in [1.165, 1.54) is 0 Å². The van der Waals surface area contributed by atoms with Crippen LogP contribution in [0.2, 0.25) is 0 Å². The van der Waals surface area contributed by atoms with Crippen molar-refractivity contribution in [1.29, 1.82) is 0 Å². The van der Waals surface area contributed by atoms with Gasteiger partial charge in [-0.1, -0.05) is 30.3 Å². The van der Waals surface area contributed by atoms with Gasteiger partial charge in [-0.15, -0.1) is 0 Å². The van der Waals surface area contributed by atoms with Gasteiger partial charge in [0.25, 0.3) is 0 Å². The Morgan fingerprint density at radius 1 is 1.16 bits per heavy atom. The number of hydrogen-bond donors (Lipinski definition) is 0. The minimum absolute atomic E-state index is 0.0517. The average molecular weight is 340 g/mol. The molecule has 1 aliphatic rings. The summed E-state index contributed by atoms with van der Waals surface area (Å²) in [6, 6.07) is 11.8. The number of carbonyl (C=O) groups excluding carboxylic acids is 2. The lowest BCUT2D eigenvalue weighted by Crippen LogP contribution is -2.51. The average Bonchev–Trinajstić information content (AvgIpc) is 3.04. The first-order valence-electron chi connectivity index (χ1n) is 8.63. The maximum absolute atomic E-state index is 12.7. The zero-order chi connectivity index (χ0) is 17.8. The molecule has 0 N–H and O–H groups in total. The first-order chi connectivity index (χ1) is 12.1. The van der Waals surface area contributed by atoms with E-state index >= 15 is 0 Å².